The van der Waals surface area contributed by atoms with E-state index in [-0.39, 0.29) is 23.0 Å². The number of halogens is 1. The highest BCUT2D eigenvalue weighted by atomic mass is 35.5. The van der Waals surface area contributed by atoms with Gasteiger partial charge >= 0.3 is 0 Å². The zero-order valence-electron chi connectivity index (χ0n) is 15.4. The maximum absolute atomic E-state index is 12.3. The number of nitro groups is 1. The first-order valence-electron chi connectivity index (χ1n) is 8.37. The van der Waals surface area contributed by atoms with Crippen molar-refractivity contribution in [1.29, 1.82) is 0 Å². The van der Waals surface area contributed by atoms with Gasteiger partial charge in [0.05, 0.1) is 10.7 Å². The molecular formula is C18H16ClN5O3S2. The maximum Gasteiger partial charge on any atom is 0.293 e. The molecule has 29 heavy (non-hydrogen) atoms. The minimum atomic E-state index is -0.518. The van der Waals surface area contributed by atoms with E-state index in [4.69, 9.17) is 11.6 Å². The fourth-order valence-electron chi connectivity index (χ4n) is 2.45. The van der Waals surface area contributed by atoms with E-state index in [0.717, 1.165) is 11.3 Å². The van der Waals surface area contributed by atoms with E-state index in [1.807, 2.05) is 19.1 Å². The Morgan fingerprint density at radius 3 is 2.76 bits per heavy atom. The van der Waals surface area contributed by atoms with Gasteiger partial charge in [-0.15, -0.1) is 10.2 Å². The van der Waals surface area contributed by atoms with Crippen molar-refractivity contribution in [3.8, 4) is 0 Å². The van der Waals surface area contributed by atoms with Gasteiger partial charge in [0.15, 0.2) is 4.34 Å². The first-order valence-corrected chi connectivity index (χ1v) is 10.6. The van der Waals surface area contributed by atoms with Crippen LogP contribution >= 0.6 is 34.7 Å². The van der Waals surface area contributed by atoms with Gasteiger partial charge in [0.1, 0.15) is 5.69 Å². The van der Waals surface area contributed by atoms with Crippen molar-refractivity contribution in [3.05, 3.63) is 62.7 Å². The van der Waals surface area contributed by atoms with E-state index in [1.54, 1.807) is 25.1 Å². The third kappa shape index (κ3) is 5.22. The second-order valence-corrected chi connectivity index (χ2v) is 8.58. The van der Waals surface area contributed by atoms with Crippen molar-refractivity contribution in [1.82, 2.24) is 10.2 Å². The first kappa shape index (κ1) is 21.0. The molecule has 2 N–H and O–H groups in total. The summed E-state index contributed by atoms with van der Waals surface area (Å²) >= 11 is 8.62. The zero-order valence-corrected chi connectivity index (χ0v) is 17.8. The summed E-state index contributed by atoms with van der Waals surface area (Å²) in [5.74, 6) is -0.307. The van der Waals surface area contributed by atoms with Crippen LogP contribution in [0.3, 0.4) is 0 Å². The predicted octanol–water partition coefficient (Wildman–Crippen LogP) is 5.19. The third-order valence-corrected chi connectivity index (χ3v) is 6.34. The highest BCUT2D eigenvalue weighted by molar-refractivity contribution is 8.01. The fourth-order valence-corrected chi connectivity index (χ4v) is 4.19. The molecule has 0 unspecified atom stereocenters. The highest BCUT2D eigenvalue weighted by Gasteiger charge is 2.18. The number of nitro benzene ring substituents is 1. The normalized spacial score (nSPS) is 10.6. The summed E-state index contributed by atoms with van der Waals surface area (Å²) in [6, 6.07) is 10.2. The van der Waals surface area contributed by atoms with E-state index in [2.05, 4.69) is 20.8 Å². The van der Waals surface area contributed by atoms with Crippen molar-refractivity contribution in [3.63, 3.8) is 0 Å². The number of thioether (sulfide) groups is 1. The van der Waals surface area contributed by atoms with E-state index in [0.29, 0.717) is 20.1 Å². The van der Waals surface area contributed by atoms with E-state index in [9.17, 15) is 14.9 Å². The minimum absolute atomic E-state index is 0.0519. The fraction of sp³-hybridized carbons (Fsp3) is 0.167. The van der Waals surface area contributed by atoms with Crippen molar-refractivity contribution in [2.75, 3.05) is 16.4 Å². The van der Waals surface area contributed by atoms with E-state index >= 15 is 0 Å². The van der Waals surface area contributed by atoms with Gasteiger partial charge in [0.25, 0.3) is 5.69 Å². The van der Waals surface area contributed by atoms with Crippen LogP contribution < -0.4 is 10.6 Å². The van der Waals surface area contributed by atoms with Crippen LogP contribution in [0.25, 0.3) is 0 Å². The molecule has 0 radical (unpaired) electrons. The zero-order chi connectivity index (χ0) is 21.0. The smallest absolute Gasteiger partial charge is 0.293 e. The van der Waals surface area contributed by atoms with Gasteiger partial charge in [-0.25, -0.2) is 0 Å². The van der Waals surface area contributed by atoms with Crippen molar-refractivity contribution in [2.24, 2.45) is 0 Å². The van der Waals surface area contributed by atoms with Crippen LogP contribution in [-0.4, -0.2) is 26.8 Å². The molecule has 11 heteroatoms. The van der Waals surface area contributed by atoms with Gasteiger partial charge in [-0.3, -0.25) is 14.9 Å². The average molecular weight is 450 g/mol. The van der Waals surface area contributed by atoms with Crippen molar-refractivity contribution in [2.45, 2.75) is 18.2 Å². The van der Waals surface area contributed by atoms with Crippen LogP contribution in [0.5, 0.6) is 0 Å². The molecule has 0 fully saturated rings. The molecule has 3 aromatic rings. The second kappa shape index (κ2) is 9.21. The first-order chi connectivity index (χ1) is 13.8. The summed E-state index contributed by atoms with van der Waals surface area (Å²) in [5.41, 5.74) is 2.42. The number of amides is 1. The lowest BCUT2D eigenvalue weighted by Gasteiger charge is -2.08. The minimum Gasteiger partial charge on any atom is -0.330 e. The number of rotatable bonds is 7. The van der Waals surface area contributed by atoms with Crippen molar-refractivity contribution >= 4 is 62.8 Å². The predicted molar refractivity (Wildman–Crippen MR) is 117 cm³/mol. The van der Waals surface area contributed by atoms with Crippen molar-refractivity contribution < 1.29 is 9.72 Å². The number of aryl methyl sites for hydroxylation is 1. The summed E-state index contributed by atoms with van der Waals surface area (Å²) in [5, 5.41) is 26.3. The van der Waals surface area contributed by atoms with Gasteiger partial charge < -0.3 is 10.6 Å². The largest absolute Gasteiger partial charge is 0.330 e. The quantitative estimate of drug-likeness (QED) is 0.290. The number of benzene rings is 2. The van der Waals surface area contributed by atoms with Gasteiger partial charge in [0.2, 0.25) is 11.0 Å². The monoisotopic (exact) mass is 449 g/mol. The van der Waals surface area contributed by atoms with Crippen LogP contribution in [0.15, 0.2) is 40.7 Å². The Balaban J connectivity index is 1.61. The van der Waals surface area contributed by atoms with Crippen LogP contribution in [-0.2, 0) is 4.79 Å². The number of carbonyl (C=O) groups excluding carboxylic acids is 1. The summed E-state index contributed by atoms with van der Waals surface area (Å²) < 4.78 is 0.599. The molecule has 8 nitrogen and oxygen atoms in total. The molecule has 0 saturated carbocycles. The van der Waals surface area contributed by atoms with E-state index < -0.39 is 4.92 Å². The molecule has 1 heterocycles. The maximum atomic E-state index is 12.3. The molecule has 0 aliphatic rings. The van der Waals surface area contributed by atoms with Crippen LogP contribution in [0.4, 0.5) is 22.2 Å². The van der Waals surface area contributed by atoms with Gasteiger partial charge in [-0.2, -0.15) is 0 Å². The molecule has 0 saturated heterocycles. The molecule has 1 aromatic heterocycles. The molecule has 1 amide bonds. The Morgan fingerprint density at radius 2 is 2.00 bits per heavy atom. The van der Waals surface area contributed by atoms with Crippen LogP contribution in [0.2, 0.25) is 5.02 Å². The lowest BCUT2D eigenvalue weighted by atomic mass is 10.1. The Morgan fingerprint density at radius 1 is 1.24 bits per heavy atom. The highest BCUT2D eigenvalue weighted by Crippen LogP contribution is 2.31. The molecule has 0 aliphatic heterocycles. The number of hydrogen-bond donors (Lipinski definition) is 2. The molecule has 0 spiro atoms. The number of nitrogens with zero attached hydrogens (tertiary/aromatic N) is 3. The summed E-state index contributed by atoms with van der Waals surface area (Å²) in [6.45, 7) is 3.60. The van der Waals surface area contributed by atoms with E-state index in [1.165, 1.54) is 29.2 Å². The molecule has 0 aliphatic carbocycles. The summed E-state index contributed by atoms with van der Waals surface area (Å²) in [7, 11) is 0. The Kier molecular flexibility index (Phi) is 6.68. The number of nitrogens with one attached hydrogen (secondary N) is 2. The second-order valence-electron chi connectivity index (χ2n) is 5.97. The number of carbonyl (C=O) groups is 1. The summed E-state index contributed by atoms with van der Waals surface area (Å²) in [6.07, 6.45) is 0. The number of aromatic nitrogens is 2. The van der Waals surface area contributed by atoms with Gasteiger partial charge in [0, 0.05) is 16.8 Å². The molecule has 2 aromatic carbocycles. The van der Waals surface area contributed by atoms with Crippen LogP contribution in [0.1, 0.15) is 11.1 Å². The molecule has 150 valence electrons. The molecule has 3 rings (SSSR count). The number of hydrogen-bond acceptors (Lipinski definition) is 8. The van der Waals surface area contributed by atoms with Crippen LogP contribution in [0, 0.1) is 24.0 Å². The Hall–Kier alpha value is -2.69. The van der Waals surface area contributed by atoms with Gasteiger partial charge in [-0.1, -0.05) is 52.9 Å². The Labute approximate surface area is 179 Å². The average Bonchev–Trinajstić information content (AvgIpc) is 3.13. The molecule has 0 atom stereocenters. The summed E-state index contributed by atoms with van der Waals surface area (Å²) in [4.78, 5) is 22.9. The Bertz CT molecular complexity index is 1070. The topological polar surface area (TPSA) is 110 Å². The molecular weight excluding hydrogens is 434 g/mol. The third-order valence-electron chi connectivity index (χ3n) is 3.95. The molecule has 0 bridgehead atoms. The van der Waals surface area contributed by atoms with Gasteiger partial charge in [-0.05, 0) is 37.1 Å². The standard InChI is InChI=1S/C18H16ClN5O3S2/c1-10-5-3-8-14(24(26)27)16(10)21-15(25)9-28-18-23-22-17(29-18)20-13-7-4-6-12(19)11(13)2/h3-8H,9H2,1-2H3,(H,20,22)(H,21,25). The SMILES string of the molecule is Cc1cccc([N+](=O)[O-])c1NC(=O)CSc1nnc(Nc2cccc(Cl)c2C)s1. The lowest BCUT2D eigenvalue weighted by Crippen LogP contribution is -2.16. The number of anilines is 3. The lowest BCUT2D eigenvalue weighted by molar-refractivity contribution is -0.384. The number of para-hydroxylation sites is 1.